The van der Waals surface area contributed by atoms with Crippen LogP contribution in [-0.4, -0.2) is 17.7 Å². The molecule has 100 valence electrons. The maximum atomic E-state index is 12.6. The van der Waals surface area contributed by atoms with Gasteiger partial charge in [0.15, 0.2) is 0 Å². The van der Waals surface area contributed by atoms with Crippen molar-refractivity contribution in [3.05, 3.63) is 30.1 Å². The van der Waals surface area contributed by atoms with E-state index in [1.165, 1.54) is 12.1 Å². The fraction of sp³-hybridized carbons (Fsp3) is 0.462. The van der Waals surface area contributed by atoms with Crippen molar-refractivity contribution >= 4 is 5.91 Å². The molecule has 0 fully saturated rings. The standard InChI is InChI=1S/C13H18FNO3/c14-11-6-8-12(9-7-11)18-10-4-2-1-3-5-13(16)15-17/h6-9,17H,1-5,10H2,(H,15,16). The monoisotopic (exact) mass is 255 g/mol. The second-order valence-electron chi connectivity index (χ2n) is 4.00. The predicted octanol–water partition coefficient (Wildman–Crippen LogP) is 2.66. The van der Waals surface area contributed by atoms with E-state index in [0.29, 0.717) is 18.8 Å². The van der Waals surface area contributed by atoms with Crippen molar-refractivity contribution in [1.29, 1.82) is 0 Å². The lowest BCUT2D eigenvalue weighted by molar-refractivity contribution is -0.129. The maximum absolute atomic E-state index is 12.6. The second kappa shape index (κ2) is 8.47. The van der Waals surface area contributed by atoms with E-state index in [0.717, 1.165) is 25.7 Å². The molecule has 1 rings (SSSR count). The number of halogens is 1. The van der Waals surface area contributed by atoms with Gasteiger partial charge in [0.2, 0.25) is 5.91 Å². The zero-order chi connectivity index (χ0) is 13.2. The Kier molecular flexibility index (Phi) is 6.79. The number of ether oxygens (including phenoxy) is 1. The summed E-state index contributed by atoms with van der Waals surface area (Å²) in [7, 11) is 0. The van der Waals surface area contributed by atoms with E-state index in [-0.39, 0.29) is 11.7 Å². The van der Waals surface area contributed by atoms with Crippen molar-refractivity contribution in [2.75, 3.05) is 6.61 Å². The van der Waals surface area contributed by atoms with Gasteiger partial charge in [-0.2, -0.15) is 0 Å². The SMILES string of the molecule is O=C(CCCCCCOc1ccc(F)cc1)NO. The molecule has 0 saturated heterocycles. The average molecular weight is 255 g/mol. The third kappa shape index (κ3) is 6.20. The number of hydrogen-bond donors (Lipinski definition) is 2. The fourth-order valence-corrected chi connectivity index (χ4v) is 1.52. The highest BCUT2D eigenvalue weighted by Gasteiger charge is 1.98. The summed E-state index contributed by atoms with van der Waals surface area (Å²) in [5.41, 5.74) is 1.60. The minimum atomic E-state index is -0.349. The summed E-state index contributed by atoms with van der Waals surface area (Å²) in [4.78, 5) is 10.7. The molecule has 0 spiro atoms. The van der Waals surface area contributed by atoms with E-state index in [2.05, 4.69) is 0 Å². The first-order valence-corrected chi connectivity index (χ1v) is 6.03. The molecule has 0 unspecified atom stereocenters. The highest BCUT2D eigenvalue weighted by atomic mass is 19.1. The number of nitrogens with one attached hydrogen (secondary N) is 1. The van der Waals surface area contributed by atoms with Crippen LogP contribution >= 0.6 is 0 Å². The van der Waals surface area contributed by atoms with Gasteiger partial charge >= 0.3 is 0 Å². The van der Waals surface area contributed by atoms with E-state index in [4.69, 9.17) is 9.94 Å². The van der Waals surface area contributed by atoms with E-state index < -0.39 is 0 Å². The number of hydroxylamine groups is 1. The molecule has 5 heteroatoms. The van der Waals surface area contributed by atoms with Gasteiger partial charge in [0.05, 0.1) is 6.61 Å². The van der Waals surface area contributed by atoms with Crippen LogP contribution in [0.2, 0.25) is 0 Å². The molecular formula is C13H18FNO3. The Morgan fingerprint density at radius 2 is 1.83 bits per heavy atom. The minimum Gasteiger partial charge on any atom is -0.494 e. The first kappa shape index (κ1) is 14.4. The highest BCUT2D eigenvalue weighted by molar-refractivity contribution is 5.74. The zero-order valence-corrected chi connectivity index (χ0v) is 10.2. The number of benzene rings is 1. The molecule has 4 nitrogen and oxygen atoms in total. The molecule has 1 aromatic carbocycles. The summed E-state index contributed by atoms with van der Waals surface area (Å²) in [6, 6.07) is 5.92. The van der Waals surface area contributed by atoms with Gasteiger partial charge in [0, 0.05) is 6.42 Å². The third-order valence-electron chi connectivity index (χ3n) is 2.51. The lowest BCUT2D eigenvalue weighted by Crippen LogP contribution is -2.17. The van der Waals surface area contributed by atoms with Crippen LogP contribution in [0.15, 0.2) is 24.3 Å². The Balaban J connectivity index is 1.99. The van der Waals surface area contributed by atoms with Crippen molar-refractivity contribution < 1.29 is 19.1 Å². The van der Waals surface area contributed by atoms with Gasteiger partial charge in [0.25, 0.3) is 0 Å². The number of amides is 1. The molecule has 0 aliphatic rings. The molecule has 1 amide bonds. The molecular weight excluding hydrogens is 237 g/mol. The molecule has 18 heavy (non-hydrogen) atoms. The van der Waals surface area contributed by atoms with Crippen LogP contribution < -0.4 is 10.2 Å². The topological polar surface area (TPSA) is 58.6 Å². The van der Waals surface area contributed by atoms with Crippen LogP contribution in [0.1, 0.15) is 32.1 Å². The van der Waals surface area contributed by atoms with E-state index in [1.807, 2.05) is 0 Å². The highest BCUT2D eigenvalue weighted by Crippen LogP contribution is 2.12. The number of hydrogen-bond acceptors (Lipinski definition) is 3. The Bertz CT molecular complexity index is 354. The van der Waals surface area contributed by atoms with Crippen LogP contribution in [0.4, 0.5) is 4.39 Å². The Hall–Kier alpha value is -1.62. The van der Waals surface area contributed by atoms with Crippen molar-refractivity contribution in [1.82, 2.24) is 5.48 Å². The summed E-state index contributed by atoms with van der Waals surface area (Å²) >= 11 is 0. The van der Waals surface area contributed by atoms with Crippen LogP contribution in [0, 0.1) is 5.82 Å². The summed E-state index contributed by atoms with van der Waals surface area (Å²) < 4.78 is 18.0. The van der Waals surface area contributed by atoms with Gasteiger partial charge in [0.1, 0.15) is 11.6 Å². The van der Waals surface area contributed by atoms with E-state index in [9.17, 15) is 9.18 Å². The van der Waals surface area contributed by atoms with Crippen molar-refractivity contribution in [3.63, 3.8) is 0 Å². The van der Waals surface area contributed by atoms with Crippen LogP contribution in [-0.2, 0) is 4.79 Å². The molecule has 0 atom stereocenters. The number of unbranched alkanes of at least 4 members (excludes halogenated alkanes) is 3. The Morgan fingerprint density at radius 3 is 2.50 bits per heavy atom. The minimum absolute atomic E-state index is 0.274. The summed E-state index contributed by atoms with van der Waals surface area (Å²) in [5.74, 6) is 0.0399. The third-order valence-corrected chi connectivity index (χ3v) is 2.51. The Morgan fingerprint density at radius 1 is 1.17 bits per heavy atom. The number of carbonyl (C=O) groups excluding carboxylic acids is 1. The van der Waals surface area contributed by atoms with Gasteiger partial charge in [-0.25, -0.2) is 9.87 Å². The lowest BCUT2D eigenvalue weighted by Gasteiger charge is -2.05. The average Bonchev–Trinajstić information content (AvgIpc) is 2.39. The quantitative estimate of drug-likeness (QED) is 0.426. The van der Waals surface area contributed by atoms with Crippen LogP contribution in [0.5, 0.6) is 5.75 Å². The molecule has 0 radical (unpaired) electrons. The van der Waals surface area contributed by atoms with Gasteiger partial charge in [-0.1, -0.05) is 12.8 Å². The zero-order valence-electron chi connectivity index (χ0n) is 10.2. The summed E-state index contributed by atoms with van der Waals surface area (Å²) in [6.45, 7) is 0.581. The number of rotatable bonds is 8. The van der Waals surface area contributed by atoms with E-state index in [1.54, 1.807) is 17.6 Å². The fourth-order valence-electron chi connectivity index (χ4n) is 1.52. The van der Waals surface area contributed by atoms with Crippen LogP contribution in [0.25, 0.3) is 0 Å². The van der Waals surface area contributed by atoms with Gasteiger partial charge in [-0.05, 0) is 37.1 Å². The predicted molar refractivity (Wildman–Crippen MR) is 64.9 cm³/mol. The van der Waals surface area contributed by atoms with Gasteiger partial charge in [-0.15, -0.1) is 0 Å². The normalized spacial score (nSPS) is 10.1. The van der Waals surface area contributed by atoms with Crippen LogP contribution in [0.3, 0.4) is 0 Å². The molecule has 0 aliphatic carbocycles. The lowest BCUT2D eigenvalue weighted by atomic mass is 10.1. The Labute approximate surface area is 106 Å². The van der Waals surface area contributed by atoms with Crippen molar-refractivity contribution in [3.8, 4) is 5.75 Å². The molecule has 0 heterocycles. The molecule has 1 aromatic rings. The summed E-state index contributed by atoms with van der Waals surface area (Å²) in [5, 5.41) is 8.27. The molecule has 0 aliphatic heterocycles. The van der Waals surface area contributed by atoms with E-state index >= 15 is 0 Å². The van der Waals surface area contributed by atoms with Gasteiger partial charge in [-0.3, -0.25) is 10.0 Å². The first-order chi connectivity index (χ1) is 8.72. The molecule has 2 N–H and O–H groups in total. The second-order valence-corrected chi connectivity index (χ2v) is 4.00. The largest absolute Gasteiger partial charge is 0.494 e. The molecule has 0 bridgehead atoms. The first-order valence-electron chi connectivity index (χ1n) is 6.03. The maximum Gasteiger partial charge on any atom is 0.243 e. The molecule has 0 saturated carbocycles. The molecule has 0 aromatic heterocycles. The van der Waals surface area contributed by atoms with Crippen molar-refractivity contribution in [2.24, 2.45) is 0 Å². The van der Waals surface area contributed by atoms with Gasteiger partial charge < -0.3 is 4.74 Å². The van der Waals surface area contributed by atoms with Crippen molar-refractivity contribution in [2.45, 2.75) is 32.1 Å². The summed E-state index contributed by atoms with van der Waals surface area (Å²) in [6.07, 6.45) is 3.86. The smallest absolute Gasteiger partial charge is 0.243 e. The number of carbonyl (C=O) groups is 1.